The molecule has 0 heterocycles. The normalized spacial score (nSPS) is 18.4. The Balaban J connectivity index is 4.08. The average molecular weight is 182 g/mol. The highest BCUT2D eigenvalue weighted by molar-refractivity contribution is 5.84. The van der Waals surface area contributed by atoms with E-state index in [1.165, 1.54) is 0 Å². The molecule has 0 saturated heterocycles. The summed E-state index contributed by atoms with van der Waals surface area (Å²) in [5, 5.41) is 33.8. The quantitative estimate of drug-likeness (QED) is 0.380. The van der Waals surface area contributed by atoms with Crippen LogP contribution in [0, 0.1) is 0 Å². The Morgan fingerprint density at radius 2 is 1.83 bits per heavy atom. The Bertz CT molecular complexity index is 151. The van der Waals surface area contributed by atoms with E-state index in [1.54, 1.807) is 0 Å². The molecule has 0 aliphatic rings. The lowest BCUT2D eigenvalue weighted by Crippen LogP contribution is -2.42. The first-order chi connectivity index (χ1) is 5.54. The zero-order valence-corrected chi connectivity index (χ0v) is 6.22. The molecule has 12 heavy (non-hydrogen) atoms. The third-order valence-corrected chi connectivity index (χ3v) is 1.34. The molecule has 0 radical (unpaired) electrons. The van der Waals surface area contributed by atoms with E-state index in [4.69, 9.17) is 20.4 Å². The smallest absolute Gasteiger partial charge is 0.189 e. The van der Waals surface area contributed by atoms with Gasteiger partial charge in [-0.3, -0.25) is 4.79 Å². The molecule has 0 saturated carbocycles. The summed E-state index contributed by atoms with van der Waals surface area (Å²) in [6, 6.07) is 0. The number of alkyl halides is 1. The summed E-state index contributed by atoms with van der Waals surface area (Å²) in [6.07, 6.45) is -6.16. The second-order valence-electron chi connectivity index (χ2n) is 2.26. The summed E-state index contributed by atoms with van der Waals surface area (Å²) < 4.78 is 12.6. The topological polar surface area (TPSA) is 98.0 Å². The lowest BCUT2D eigenvalue weighted by Gasteiger charge is -2.17. The van der Waals surface area contributed by atoms with Crippen molar-refractivity contribution in [2.24, 2.45) is 0 Å². The fraction of sp³-hybridized carbons (Fsp3) is 0.833. The molecule has 0 unspecified atom stereocenters. The van der Waals surface area contributed by atoms with Crippen molar-refractivity contribution in [3.63, 3.8) is 0 Å². The molecule has 0 aliphatic heterocycles. The Hall–Kier alpha value is -0.560. The van der Waals surface area contributed by atoms with Gasteiger partial charge >= 0.3 is 0 Å². The average Bonchev–Trinajstić information content (AvgIpc) is 2.12. The molecule has 0 aliphatic carbocycles. The number of carbonyl (C=O) groups excluding carboxylic acids is 1. The van der Waals surface area contributed by atoms with Crippen molar-refractivity contribution in [1.29, 1.82) is 0 Å². The van der Waals surface area contributed by atoms with E-state index in [9.17, 15) is 9.18 Å². The van der Waals surface area contributed by atoms with Crippen molar-refractivity contribution in [2.75, 3.05) is 13.2 Å². The highest BCUT2D eigenvalue weighted by Gasteiger charge is 2.30. The Kier molecular flexibility index (Phi) is 4.91. The summed E-state index contributed by atoms with van der Waals surface area (Å²) in [5.74, 6) is -1.13. The van der Waals surface area contributed by atoms with Gasteiger partial charge in [0.15, 0.2) is 12.0 Å². The van der Waals surface area contributed by atoms with E-state index < -0.39 is 37.4 Å². The maximum Gasteiger partial charge on any atom is 0.189 e. The van der Waals surface area contributed by atoms with Crippen LogP contribution in [0.25, 0.3) is 0 Å². The molecule has 0 rings (SSSR count). The number of hydrogen-bond donors (Lipinski definition) is 4. The van der Waals surface area contributed by atoms with Crippen LogP contribution in [0.4, 0.5) is 4.39 Å². The van der Waals surface area contributed by atoms with Gasteiger partial charge in [-0.05, 0) is 0 Å². The number of aliphatic hydroxyl groups is 4. The maximum absolute atomic E-state index is 12.6. The molecule has 0 aromatic rings. The molecule has 0 bridgehead atoms. The van der Waals surface area contributed by atoms with Crippen molar-refractivity contribution in [3.05, 3.63) is 0 Å². The fourth-order valence-corrected chi connectivity index (χ4v) is 0.582. The van der Waals surface area contributed by atoms with Gasteiger partial charge in [-0.15, -0.1) is 0 Å². The molecular weight excluding hydrogens is 171 g/mol. The van der Waals surface area contributed by atoms with Crippen LogP contribution >= 0.6 is 0 Å². The number of ketones is 1. The van der Waals surface area contributed by atoms with Crippen molar-refractivity contribution in [3.8, 4) is 0 Å². The Labute approximate surface area is 68.1 Å². The van der Waals surface area contributed by atoms with Crippen molar-refractivity contribution >= 4 is 5.78 Å². The lowest BCUT2D eigenvalue weighted by atomic mass is 10.1. The van der Waals surface area contributed by atoms with Crippen LogP contribution in [-0.2, 0) is 4.79 Å². The number of rotatable bonds is 5. The number of carbonyl (C=O) groups is 1. The van der Waals surface area contributed by atoms with E-state index in [0.717, 1.165) is 0 Å². The highest BCUT2D eigenvalue weighted by atomic mass is 19.1. The summed E-state index contributed by atoms with van der Waals surface area (Å²) in [6.45, 7) is -1.89. The molecule has 6 heteroatoms. The van der Waals surface area contributed by atoms with Crippen molar-refractivity contribution < 1.29 is 29.6 Å². The minimum atomic E-state index is -2.27. The molecule has 0 fully saturated rings. The molecule has 5 nitrogen and oxygen atoms in total. The second-order valence-corrected chi connectivity index (χ2v) is 2.26. The minimum Gasteiger partial charge on any atom is -0.394 e. The van der Waals surface area contributed by atoms with Gasteiger partial charge in [-0.1, -0.05) is 0 Å². The van der Waals surface area contributed by atoms with Gasteiger partial charge in [0.05, 0.1) is 6.61 Å². The first-order valence-corrected chi connectivity index (χ1v) is 3.29. The fourth-order valence-electron chi connectivity index (χ4n) is 0.582. The van der Waals surface area contributed by atoms with Crippen LogP contribution in [0.1, 0.15) is 0 Å². The van der Waals surface area contributed by atoms with Gasteiger partial charge in [0.25, 0.3) is 0 Å². The molecule has 4 N–H and O–H groups in total. The zero-order chi connectivity index (χ0) is 9.72. The predicted octanol–water partition coefficient (Wildman–Crippen LogP) is -2.40. The first-order valence-electron chi connectivity index (χ1n) is 3.29. The summed E-state index contributed by atoms with van der Waals surface area (Å²) >= 11 is 0. The van der Waals surface area contributed by atoms with Crippen LogP contribution in [0.5, 0.6) is 0 Å². The van der Waals surface area contributed by atoms with Crippen LogP contribution in [0.15, 0.2) is 0 Å². The van der Waals surface area contributed by atoms with E-state index >= 15 is 0 Å². The van der Waals surface area contributed by atoms with Gasteiger partial charge in [0, 0.05) is 0 Å². The molecule has 3 atom stereocenters. The molecule has 0 aromatic heterocycles. The van der Waals surface area contributed by atoms with Gasteiger partial charge < -0.3 is 20.4 Å². The lowest BCUT2D eigenvalue weighted by molar-refractivity contribution is -0.137. The molecule has 72 valence electrons. The maximum atomic E-state index is 12.6. The number of Topliss-reactive ketones (excluding diaryl/α,β-unsaturated/α-hetero) is 1. The van der Waals surface area contributed by atoms with Crippen LogP contribution in [0.2, 0.25) is 0 Å². The predicted molar refractivity (Wildman–Crippen MR) is 36.1 cm³/mol. The van der Waals surface area contributed by atoms with E-state index in [2.05, 4.69) is 0 Å². The Morgan fingerprint density at radius 1 is 1.33 bits per heavy atom. The molecule has 0 aromatic carbocycles. The monoisotopic (exact) mass is 182 g/mol. The third kappa shape index (κ3) is 2.82. The van der Waals surface area contributed by atoms with Crippen LogP contribution < -0.4 is 0 Å². The first kappa shape index (κ1) is 11.4. The van der Waals surface area contributed by atoms with Crippen LogP contribution in [0.3, 0.4) is 0 Å². The van der Waals surface area contributed by atoms with Crippen molar-refractivity contribution in [2.45, 2.75) is 18.4 Å². The van der Waals surface area contributed by atoms with E-state index in [-0.39, 0.29) is 0 Å². The van der Waals surface area contributed by atoms with Crippen LogP contribution in [-0.4, -0.2) is 57.8 Å². The molecule has 0 amide bonds. The summed E-state index contributed by atoms with van der Waals surface area (Å²) in [4.78, 5) is 10.4. The second kappa shape index (κ2) is 5.15. The summed E-state index contributed by atoms with van der Waals surface area (Å²) in [5.41, 5.74) is 0. The zero-order valence-electron chi connectivity index (χ0n) is 6.22. The molecule has 0 spiro atoms. The largest absolute Gasteiger partial charge is 0.394 e. The van der Waals surface area contributed by atoms with E-state index in [1.807, 2.05) is 0 Å². The van der Waals surface area contributed by atoms with Gasteiger partial charge in [-0.2, -0.15) is 0 Å². The minimum absolute atomic E-state index is 0.892. The van der Waals surface area contributed by atoms with Gasteiger partial charge in [0.1, 0.15) is 18.8 Å². The Morgan fingerprint density at radius 3 is 2.17 bits per heavy atom. The van der Waals surface area contributed by atoms with E-state index in [0.29, 0.717) is 0 Å². The number of halogens is 1. The number of hydrogen-bond acceptors (Lipinski definition) is 5. The highest BCUT2D eigenvalue weighted by Crippen LogP contribution is 2.05. The number of aliphatic hydroxyl groups excluding tert-OH is 4. The SMILES string of the molecule is O=C(CO)[C@@H](O)[C@@H](F)[C@H](O)CO. The molecular formula is C6H11FO5. The standard InChI is InChI=1S/C6H11FO5/c7-5(3(10)1-8)6(12)4(11)2-9/h3,5-6,8-10,12H,1-2H2/t3-,5+,6-/m1/s1. The van der Waals surface area contributed by atoms with Gasteiger partial charge in [-0.25, -0.2) is 4.39 Å². The van der Waals surface area contributed by atoms with Gasteiger partial charge in [0.2, 0.25) is 0 Å². The summed E-state index contributed by atoms with van der Waals surface area (Å²) in [7, 11) is 0. The third-order valence-electron chi connectivity index (χ3n) is 1.34. The van der Waals surface area contributed by atoms with Crippen molar-refractivity contribution in [1.82, 2.24) is 0 Å².